The SMILES string of the molecule is Cn1cc(S(=O)(=O)NCC2(O)CCOCC2)cc1C(N)=O. The van der Waals surface area contributed by atoms with Gasteiger partial charge < -0.3 is 20.1 Å². The second-order valence-electron chi connectivity index (χ2n) is 5.20. The van der Waals surface area contributed by atoms with Gasteiger partial charge in [0.25, 0.3) is 5.91 Å². The van der Waals surface area contributed by atoms with Crippen LogP contribution in [0, 0.1) is 0 Å². The molecule has 118 valence electrons. The van der Waals surface area contributed by atoms with Gasteiger partial charge in [-0.25, -0.2) is 13.1 Å². The first-order valence-electron chi connectivity index (χ1n) is 6.49. The molecule has 21 heavy (non-hydrogen) atoms. The van der Waals surface area contributed by atoms with E-state index in [2.05, 4.69) is 4.72 Å². The summed E-state index contributed by atoms with van der Waals surface area (Å²) in [4.78, 5) is 11.1. The van der Waals surface area contributed by atoms with E-state index in [9.17, 15) is 18.3 Å². The molecule has 0 unspecified atom stereocenters. The number of primary amides is 1. The quantitative estimate of drug-likeness (QED) is 0.639. The maximum Gasteiger partial charge on any atom is 0.265 e. The van der Waals surface area contributed by atoms with Gasteiger partial charge in [-0.15, -0.1) is 0 Å². The van der Waals surface area contributed by atoms with Crippen LogP contribution in [-0.4, -0.2) is 49.4 Å². The van der Waals surface area contributed by atoms with Crippen LogP contribution in [0.15, 0.2) is 17.2 Å². The fourth-order valence-corrected chi connectivity index (χ4v) is 3.36. The molecule has 2 rings (SSSR count). The van der Waals surface area contributed by atoms with E-state index in [1.165, 1.54) is 23.9 Å². The van der Waals surface area contributed by atoms with Crippen molar-refractivity contribution in [1.29, 1.82) is 0 Å². The molecular weight excluding hydrogens is 298 g/mol. The number of nitrogens with zero attached hydrogens (tertiary/aromatic N) is 1. The Hall–Kier alpha value is -1.42. The zero-order valence-electron chi connectivity index (χ0n) is 11.7. The average Bonchev–Trinajstić information content (AvgIpc) is 2.81. The lowest BCUT2D eigenvalue weighted by molar-refractivity contribution is -0.0588. The highest BCUT2D eigenvalue weighted by Gasteiger charge is 2.32. The molecule has 0 atom stereocenters. The zero-order chi connectivity index (χ0) is 15.7. The number of nitrogens with two attached hydrogens (primary N) is 1. The number of nitrogens with one attached hydrogen (secondary N) is 1. The van der Waals surface area contributed by atoms with Crippen molar-refractivity contribution in [2.75, 3.05) is 19.8 Å². The second kappa shape index (κ2) is 5.76. The van der Waals surface area contributed by atoms with E-state index in [1.54, 1.807) is 0 Å². The Bertz CT molecular complexity index is 631. The lowest BCUT2D eigenvalue weighted by Crippen LogP contribution is -2.46. The minimum Gasteiger partial charge on any atom is -0.388 e. The summed E-state index contributed by atoms with van der Waals surface area (Å²) < 4.78 is 33.2. The fraction of sp³-hybridized carbons (Fsp3) is 0.583. The Morgan fingerprint density at radius 2 is 2.14 bits per heavy atom. The summed E-state index contributed by atoms with van der Waals surface area (Å²) in [5.41, 5.74) is 4.15. The van der Waals surface area contributed by atoms with Gasteiger partial charge in [0.15, 0.2) is 0 Å². The lowest BCUT2D eigenvalue weighted by atomic mass is 9.95. The largest absolute Gasteiger partial charge is 0.388 e. The predicted octanol–water partition coefficient (Wildman–Crippen LogP) is -1.06. The number of hydrogen-bond acceptors (Lipinski definition) is 5. The molecule has 0 bridgehead atoms. The summed E-state index contributed by atoms with van der Waals surface area (Å²) in [6.45, 7) is 0.699. The van der Waals surface area contributed by atoms with E-state index < -0.39 is 21.5 Å². The molecule has 1 fully saturated rings. The number of carbonyl (C=O) groups is 1. The summed E-state index contributed by atoms with van der Waals surface area (Å²) in [5.74, 6) is -0.706. The van der Waals surface area contributed by atoms with Gasteiger partial charge in [-0.2, -0.15) is 0 Å². The van der Waals surface area contributed by atoms with Crippen LogP contribution in [0.1, 0.15) is 23.3 Å². The molecule has 1 amide bonds. The zero-order valence-corrected chi connectivity index (χ0v) is 12.5. The molecule has 1 aromatic rings. The molecule has 4 N–H and O–H groups in total. The summed E-state index contributed by atoms with van der Waals surface area (Å²) in [5, 5.41) is 10.2. The van der Waals surface area contributed by atoms with Gasteiger partial charge in [-0.1, -0.05) is 0 Å². The number of hydrogen-bond donors (Lipinski definition) is 3. The molecule has 1 aromatic heterocycles. The fourth-order valence-electron chi connectivity index (χ4n) is 2.17. The van der Waals surface area contributed by atoms with Crippen molar-refractivity contribution in [1.82, 2.24) is 9.29 Å². The topological polar surface area (TPSA) is 124 Å². The molecule has 0 spiro atoms. The number of aliphatic hydroxyl groups is 1. The van der Waals surface area contributed by atoms with Crippen molar-refractivity contribution in [2.24, 2.45) is 12.8 Å². The molecule has 0 aliphatic carbocycles. The lowest BCUT2D eigenvalue weighted by Gasteiger charge is -2.31. The smallest absolute Gasteiger partial charge is 0.265 e. The van der Waals surface area contributed by atoms with E-state index in [0.717, 1.165) is 0 Å². The molecule has 0 aromatic carbocycles. The van der Waals surface area contributed by atoms with E-state index >= 15 is 0 Å². The average molecular weight is 317 g/mol. The van der Waals surface area contributed by atoms with Crippen molar-refractivity contribution in [2.45, 2.75) is 23.3 Å². The van der Waals surface area contributed by atoms with E-state index in [-0.39, 0.29) is 17.1 Å². The van der Waals surface area contributed by atoms with Crippen LogP contribution in [0.25, 0.3) is 0 Å². The summed E-state index contributed by atoms with van der Waals surface area (Å²) in [6, 6.07) is 1.21. The van der Waals surface area contributed by atoms with Gasteiger partial charge in [0.2, 0.25) is 10.0 Å². The molecule has 2 heterocycles. The molecule has 1 saturated heterocycles. The van der Waals surface area contributed by atoms with Crippen LogP contribution >= 0.6 is 0 Å². The van der Waals surface area contributed by atoms with E-state index in [4.69, 9.17) is 10.5 Å². The maximum atomic E-state index is 12.2. The van der Waals surface area contributed by atoms with Crippen LogP contribution in [0.2, 0.25) is 0 Å². The van der Waals surface area contributed by atoms with E-state index in [1.807, 2.05) is 0 Å². The Kier molecular flexibility index (Phi) is 4.38. The van der Waals surface area contributed by atoms with Crippen LogP contribution in [0.5, 0.6) is 0 Å². The Morgan fingerprint density at radius 3 is 2.67 bits per heavy atom. The number of carbonyl (C=O) groups excluding carboxylic acids is 1. The highest BCUT2D eigenvalue weighted by Crippen LogP contribution is 2.20. The van der Waals surface area contributed by atoms with Crippen molar-refractivity contribution < 1.29 is 23.1 Å². The van der Waals surface area contributed by atoms with Gasteiger partial charge in [0.05, 0.1) is 5.60 Å². The van der Waals surface area contributed by atoms with Gasteiger partial charge in [-0.05, 0) is 6.07 Å². The minimum absolute atomic E-state index is 0.0607. The molecular formula is C12H19N3O5S. The number of aromatic nitrogens is 1. The summed E-state index contributed by atoms with van der Waals surface area (Å²) in [7, 11) is -2.28. The number of ether oxygens (including phenoxy) is 1. The van der Waals surface area contributed by atoms with Crippen LogP contribution < -0.4 is 10.5 Å². The van der Waals surface area contributed by atoms with Gasteiger partial charge >= 0.3 is 0 Å². The monoisotopic (exact) mass is 317 g/mol. The second-order valence-corrected chi connectivity index (χ2v) is 6.96. The van der Waals surface area contributed by atoms with Gasteiger partial charge in [0, 0.05) is 45.8 Å². The highest BCUT2D eigenvalue weighted by atomic mass is 32.2. The Balaban J connectivity index is 2.11. The third-order valence-corrected chi connectivity index (χ3v) is 4.93. The first-order valence-corrected chi connectivity index (χ1v) is 7.98. The molecule has 9 heteroatoms. The molecule has 0 saturated carbocycles. The number of aryl methyl sites for hydroxylation is 1. The van der Waals surface area contributed by atoms with Gasteiger partial charge in [0.1, 0.15) is 10.6 Å². The third-order valence-electron chi connectivity index (χ3n) is 3.56. The third kappa shape index (κ3) is 3.62. The number of rotatable bonds is 5. The number of amides is 1. The van der Waals surface area contributed by atoms with Crippen LogP contribution in [0.4, 0.5) is 0 Å². The first-order chi connectivity index (χ1) is 9.73. The standard InChI is InChI=1S/C12H19N3O5S/c1-15-7-9(6-10(15)11(13)16)21(18,19)14-8-12(17)2-4-20-5-3-12/h6-7,14,17H,2-5,8H2,1H3,(H2,13,16). The maximum absolute atomic E-state index is 12.2. The highest BCUT2D eigenvalue weighted by molar-refractivity contribution is 7.89. The molecule has 8 nitrogen and oxygen atoms in total. The molecule has 1 aliphatic heterocycles. The van der Waals surface area contributed by atoms with Crippen molar-refractivity contribution in [3.05, 3.63) is 18.0 Å². The Morgan fingerprint density at radius 1 is 1.52 bits per heavy atom. The van der Waals surface area contributed by atoms with E-state index in [0.29, 0.717) is 26.1 Å². The number of sulfonamides is 1. The molecule has 0 radical (unpaired) electrons. The van der Waals surface area contributed by atoms with Crippen LogP contribution in [0.3, 0.4) is 0 Å². The summed E-state index contributed by atoms with van der Waals surface area (Å²) in [6.07, 6.45) is 2.05. The van der Waals surface area contributed by atoms with Crippen LogP contribution in [-0.2, 0) is 21.8 Å². The van der Waals surface area contributed by atoms with Crippen molar-refractivity contribution in [3.63, 3.8) is 0 Å². The van der Waals surface area contributed by atoms with Crippen molar-refractivity contribution >= 4 is 15.9 Å². The predicted molar refractivity (Wildman–Crippen MR) is 74.1 cm³/mol. The summed E-state index contributed by atoms with van der Waals surface area (Å²) >= 11 is 0. The Labute approximate surface area is 122 Å². The van der Waals surface area contributed by atoms with Gasteiger partial charge in [-0.3, -0.25) is 4.79 Å². The molecule has 1 aliphatic rings. The van der Waals surface area contributed by atoms with Crippen molar-refractivity contribution in [3.8, 4) is 0 Å². The normalized spacial score (nSPS) is 18.6. The first kappa shape index (κ1) is 16.0. The minimum atomic E-state index is -3.81.